The van der Waals surface area contributed by atoms with Crippen LogP contribution in [0, 0.1) is 5.82 Å². The van der Waals surface area contributed by atoms with E-state index in [2.05, 4.69) is 5.32 Å². The zero-order chi connectivity index (χ0) is 20.7. The number of rotatable bonds is 4. The van der Waals surface area contributed by atoms with Gasteiger partial charge in [0.1, 0.15) is 16.4 Å². The monoisotopic (exact) mass is 431 g/mol. The molecule has 8 heteroatoms. The molecule has 0 fully saturated rings. The third kappa shape index (κ3) is 3.36. The van der Waals surface area contributed by atoms with E-state index in [1.807, 2.05) is 0 Å². The van der Waals surface area contributed by atoms with Crippen molar-refractivity contribution >= 4 is 40.5 Å². The number of carbonyl (C=O) groups excluding carboxylic acids is 1. The number of carboxylic acid groups (broad SMARTS) is 1. The predicted octanol–water partition coefficient (Wildman–Crippen LogP) is 5.39. The molecule has 5 nitrogen and oxygen atoms in total. The topological polar surface area (TPSA) is 75.6 Å². The molecule has 0 saturated carbocycles. The van der Waals surface area contributed by atoms with Crippen LogP contribution in [0.15, 0.2) is 42.5 Å². The number of nitrogens with one attached hydrogen (secondary N) is 1. The van der Waals surface area contributed by atoms with Crippen LogP contribution in [0.25, 0.3) is 11.1 Å². The summed E-state index contributed by atoms with van der Waals surface area (Å²) in [6.45, 7) is 0. The molecule has 2 N–H and O–H groups in total. The maximum absolute atomic E-state index is 14.6. The lowest BCUT2D eigenvalue weighted by Gasteiger charge is -2.25. The minimum absolute atomic E-state index is 0.0186. The van der Waals surface area contributed by atoms with Gasteiger partial charge in [0.2, 0.25) is 5.91 Å². The molecule has 0 spiro atoms. The molecule has 4 rings (SSSR count). The minimum atomic E-state index is -1.12. The van der Waals surface area contributed by atoms with Crippen LogP contribution < -0.4 is 10.1 Å². The summed E-state index contributed by atoms with van der Waals surface area (Å²) in [6.07, 6.45) is -0.0186. The Hall–Kier alpha value is -2.90. The number of carboxylic acids is 1. The third-order valence-electron chi connectivity index (χ3n) is 4.83. The zero-order valence-electron chi connectivity index (χ0n) is 15.2. The van der Waals surface area contributed by atoms with Crippen LogP contribution in [-0.2, 0) is 4.79 Å². The summed E-state index contributed by atoms with van der Waals surface area (Å²) < 4.78 is 19.7. The van der Waals surface area contributed by atoms with Crippen LogP contribution in [0.2, 0.25) is 5.02 Å². The Morgan fingerprint density at radius 3 is 2.62 bits per heavy atom. The molecule has 2 aromatic carbocycles. The number of aromatic carboxylic acids is 1. The molecular weight excluding hydrogens is 417 g/mol. The lowest BCUT2D eigenvalue weighted by atomic mass is 9.88. The zero-order valence-corrected chi connectivity index (χ0v) is 16.7. The van der Waals surface area contributed by atoms with Crippen LogP contribution in [0.3, 0.4) is 0 Å². The first-order chi connectivity index (χ1) is 13.9. The molecule has 1 atom stereocenters. The van der Waals surface area contributed by atoms with E-state index < -0.39 is 17.7 Å². The highest BCUT2D eigenvalue weighted by atomic mass is 35.5. The number of hydrogen-bond acceptors (Lipinski definition) is 4. The van der Waals surface area contributed by atoms with E-state index in [0.29, 0.717) is 27.4 Å². The van der Waals surface area contributed by atoms with Gasteiger partial charge >= 0.3 is 5.97 Å². The van der Waals surface area contributed by atoms with E-state index in [4.69, 9.17) is 16.3 Å². The predicted molar refractivity (Wildman–Crippen MR) is 110 cm³/mol. The van der Waals surface area contributed by atoms with Crippen molar-refractivity contribution in [3.63, 3.8) is 0 Å². The first-order valence-corrected chi connectivity index (χ1v) is 9.88. The Balaban J connectivity index is 1.95. The number of fused-ring (bicyclic) bond motifs is 1. The standard InChI is InChI=1S/C21H15ClFNO4S/c1-28-11-7-5-10(6-8-11)16-18-19(29-20(16)21(26)27)12(9-15(25)24-18)17-13(22)3-2-4-14(17)23/h2-8,12H,9H2,1H3,(H,24,25)(H,26,27). The fourth-order valence-corrected chi connectivity index (χ4v) is 5.07. The van der Waals surface area contributed by atoms with Crippen molar-refractivity contribution in [2.24, 2.45) is 0 Å². The molecule has 1 amide bonds. The summed E-state index contributed by atoms with van der Waals surface area (Å²) in [4.78, 5) is 25.1. The van der Waals surface area contributed by atoms with Crippen LogP contribution in [0.4, 0.5) is 10.1 Å². The number of anilines is 1. The molecule has 29 heavy (non-hydrogen) atoms. The van der Waals surface area contributed by atoms with Crippen molar-refractivity contribution < 1.29 is 23.8 Å². The van der Waals surface area contributed by atoms with E-state index in [1.165, 1.54) is 19.2 Å². The van der Waals surface area contributed by atoms with Gasteiger partial charge < -0.3 is 15.2 Å². The van der Waals surface area contributed by atoms with Crippen LogP contribution in [-0.4, -0.2) is 24.1 Å². The number of carbonyl (C=O) groups is 2. The average molecular weight is 432 g/mol. The van der Waals surface area contributed by atoms with Gasteiger partial charge in [-0.05, 0) is 29.8 Å². The second-order valence-electron chi connectivity index (χ2n) is 6.52. The van der Waals surface area contributed by atoms with E-state index >= 15 is 0 Å². The number of methoxy groups -OCH3 is 1. The molecule has 148 valence electrons. The fourth-order valence-electron chi connectivity index (χ4n) is 3.55. The van der Waals surface area contributed by atoms with E-state index in [0.717, 1.165) is 11.3 Å². The van der Waals surface area contributed by atoms with E-state index in [9.17, 15) is 19.1 Å². The highest BCUT2D eigenvalue weighted by Crippen LogP contribution is 2.50. The second kappa shape index (κ2) is 7.50. The first kappa shape index (κ1) is 19.4. The molecular formula is C21H15ClFNO4S. The summed E-state index contributed by atoms with van der Waals surface area (Å²) in [6, 6.07) is 11.2. The summed E-state index contributed by atoms with van der Waals surface area (Å²) in [5.74, 6) is -2.02. The van der Waals surface area contributed by atoms with Crippen LogP contribution >= 0.6 is 22.9 Å². The minimum Gasteiger partial charge on any atom is -0.497 e. The second-order valence-corrected chi connectivity index (χ2v) is 7.98. The summed E-state index contributed by atoms with van der Waals surface area (Å²) in [5.41, 5.74) is 1.59. The van der Waals surface area contributed by atoms with Crippen LogP contribution in [0.1, 0.15) is 32.5 Å². The molecule has 1 aromatic heterocycles. The van der Waals surface area contributed by atoms with Crippen molar-refractivity contribution in [2.75, 3.05) is 12.4 Å². The van der Waals surface area contributed by atoms with Crippen molar-refractivity contribution in [3.8, 4) is 16.9 Å². The largest absolute Gasteiger partial charge is 0.497 e. The molecule has 1 aliphatic heterocycles. The lowest BCUT2D eigenvalue weighted by molar-refractivity contribution is -0.116. The molecule has 1 aliphatic rings. The molecule has 0 saturated heterocycles. The number of ether oxygens (including phenoxy) is 1. The van der Waals surface area contributed by atoms with Gasteiger partial charge in [-0.15, -0.1) is 11.3 Å². The van der Waals surface area contributed by atoms with Gasteiger partial charge in [-0.2, -0.15) is 0 Å². The smallest absolute Gasteiger partial charge is 0.346 e. The number of hydrogen-bond donors (Lipinski definition) is 2. The number of thiophene rings is 1. The van der Waals surface area contributed by atoms with E-state index in [1.54, 1.807) is 30.3 Å². The Morgan fingerprint density at radius 2 is 2.00 bits per heavy atom. The number of benzene rings is 2. The summed E-state index contributed by atoms with van der Waals surface area (Å²) in [5, 5.41) is 12.8. The normalized spacial score (nSPS) is 15.6. The Kier molecular flexibility index (Phi) is 5.02. The molecule has 0 aliphatic carbocycles. The summed E-state index contributed by atoms with van der Waals surface area (Å²) >= 11 is 7.27. The quantitative estimate of drug-likeness (QED) is 0.580. The van der Waals surface area contributed by atoms with Crippen LogP contribution in [0.5, 0.6) is 5.75 Å². The van der Waals surface area contributed by atoms with Gasteiger partial charge in [0.25, 0.3) is 0 Å². The maximum Gasteiger partial charge on any atom is 0.346 e. The fraction of sp³-hybridized carbons (Fsp3) is 0.143. The van der Waals surface area contributed by atoms with Gasteiger partial charge in [-0.25, -0.2) is 9.18 Å². The average Bonchev–Trinajstić information content (AvgIpc) is 3.07. The lowest BCUT2D eigenvalue weighted by Crippen LogP contribution is -2.23. The van der Waals surface area contributed by atoms with Crippen molar-refractivity contribution in [2.45, 2.75) is 12.3 Å². The first-order valence-electron chi connectivity index (χ1n) is 8.68. The molecule has 1 unspecified atom stereocenters. The molecule has 0 bridgehead atoms. The number of amides is 1. The Bertz CT molecular complexity index is 1110. The molecule has 3 aromatic rings. The number of halogens is 2. The third-order valence-corrected chi connectivity index (χ3v) is 6.45. The van der Waals surface area contributed by atoms with Crippen molar-refractivity contribution in [1.82, 2.24) is 0 Å². The van der Waals surface area contributed by atoms with Gasteiger partial charge in [0.05, 0.1) is 12.8 Å². The highest BCUT2D eigenvalue weighted by Gasteiger charge is 2.36. The molecule has 0 radical (unpaired) electrons. The van der Waals surface area contributed by atoms with E-state index in [-0.39, 0.29) is 27.8 Å². The SMILES string of the molecule is COc1ccc(-c2c(C(=O)O)sc3c2NC(=O)CC3c2c(F)cccc2Cl)cc1. The van der Waals surface area contributed by atoms with Gasteiger partial charge in [-0.1, -0.05) is 29.8 Å². The van der Waals surface area contributed by atoms with Gasteiger partial charge in [0.15, 0.2) is 0 Å². The highest BCUT2D eigenvalue weighted by molar-refractivity contribution is 7.15. The molecule has 2 heterocycles. The Labute approximate surface area is 174 Å². The maximum atomic E-state index is 14.6. The summed E-state index contributed by atoms with van der Waals surface area (Å²) in [7, 11) is 1.53. The van der Waals surface area contributed by atoms with Gasteiger partial charge in [-0.3, -0.25) is 4.79 Å². The Morgan fingerprint density at radius 1 is 1.28 bits per heavy atom. The van der Waals surface area contributed by atoms with Crippen molar-refractivity contribution in [3.05, 3.63) is 68.6 Å². The van der Waals surface area contributed by atoms with Gasteiger partial charge in [0, 0.05) is 33.4 Å². The van der Waals surface area contributed by atoms with Crippen molar-refractivity contribution in [1.29, 1.82) is 0 Å².